The van der Waals surface area contributed by atoms with Crippen molar-refractivity contribution in [3.8, 4) is 5.75 Å². The molecule has 1 aromatic heterocycles. The van der Waals surface area contributed by atoms with Gasteiger partial charge in [-0.15, -0.1) is 0 Å². The first kappa shape index (κ1) is 18.7. The number of thiocarbonyl (C=S) groups is 1. The molecule has 10 heteroatoms. The van der Waals surface area contributed by atoms with E-state index in [0.717, 1.165) is 11.3 Å². The number of halogens is 1. The first-order chi connectivity index (χ1) is 11.8. The van der Waals surface area contributed by atoms with Crippen molar-refractivity contribution < 1.29 is 14.3 Å². The summed E-state index contributed by atoms with van der Waals surface area (Å²) in [6.07, 6.45) is 0. The minimum absolute atomic E-state index is 0.0676. The Hall–Kier alpha value is -2.65. The van der Waals surface area contributed by atoms with Gasteiger partial charge in [0, 0.05) is 10.7 Å². The van der Waals surface area contributed by atoms with Gasteiger partial charge in [-0.2, -0.15) is 5.10 Å². The number of hydrogen-bond acceptors (Lipinski definition) is 5. The van der Waals surface area contributed by atoms with Crippen molar-refractivity contribution in [3.63, 3.8) is 0 Å². The Bertz CT molecular complexity index is 808. The zero-order valence-corrected chi connectivity index (χ0v) is 15.0. The summed E-state index contributed by atoms with van der Waals surface area (Å²) >= 11 is 10.8. The van der Waals surface area contributed by atoms with Crippen molar-refractivity contribution in [2.75, 3.05) is 6.61 Å². The smallest absolute Gasteiger partial charge is 0.290 e. The predicted molar refractivity (Wildman–Crippen MR) is 96.4 cm³/mol. The third-order valence-electron chi connectivity index (χ3n) is 2.98. The Morgan fingerprint density at radius 3 is 2.68 bits per heavy atom. The fraction of sp³-hybridized carbons (Fsp3) is 0.200. The van der Waals surface area contributed by atoms with Crippen LogP contribution in [-0.2, 0) is 4.79 Å². The molecule has 2 amide bonds. The molecule has 0 bridgehead atoms. The van der Waals surface area contributed by atoms with Gasteiger partial charge < -0.3 is 4.74 Å². The number of rotatable bonds is 4. The predicted octanol–water partition coefficient (Wildman–Crippen LogP) is 1.39. The average molecular weight is 382 g/mol. The van der Waals surface area contributed by atoms with Crippen molar-refractivity contribution in [2.24, 2.45) is 0 Å². The summed E-state index contributed by atoms with van der Waals surface area (Å²) in [5.74, 6) is -0.425. The van der Waals surface area contributed by atoms with Crippen molar-refractivity contribution >= 4 is 40.7 Å². The normalized spacial score (nSPS) is 10.0. The van der Waals surface area contributed by atoms with E-state index in [4.69, 9.17) is 28.6 Å². The van der Waals surface area contributed by atoms with E-state index in [1.54, 1.807) is 31.2 Å². The number of hydrazine groups is 1. The van der Waals surface area contributed by atoms with Crippen molar-refractivity contribution in [1.29, 1.82) is 0 Å². The van der Waals surface area contributed by atoms with Gasteiger partial charge in [-0.1, -0.05) is 11.6 Å². The minimum Gasteiger partial charge on any atom is -0.483 e. The second kappa shape index (κ2) is 8.45. The Morgan fingerprint density at radius 1 is 1.28 bits per heavy atom. The molecule has 0 radical (unpaired) electrons. The molecule has 1 aromatic carbocycles. The van der Waals surface area contributed by atoms with E-state index in [1.165, 1.54) is 0 Å². The monoisotopic (exact) mass is 381 g/mol. The number of aromatic amines is 1. The Labute approximate surface area is 154 Å². The maximum absolute atomic E-state index is 11.8. The maximum Gasteiger partial charge on any atom is 0.290 e. The first-order valence-corrected chi connectivity index (χ1v) is 7.95. The third kappa shape index (κ3) is 5.73. The summed E-state index contributed by atoms with van der Waals surface area (Å²) in [4.78, 5) is 23.6. The molecular weight excluding hydrogens is 366 g/mol. The molecule has 0 fully saturated rings. The van der Waals surface area contributed by atoms with Crippen molar-refractivity contribution in [3.05, 3.63) is 46.2 Å². The van der Waals surface area contributed by atoms with E-state index in [-0.39, 0.29) is 17.4 Å². The second-order valence-electron chi connectivity index (χ2n) is 5.09. The van der Waals surface area contributed by atoms with Gasteiger partial charge in [-0.25, -0.2) is 0 Å². The standard InChI is InChI=1S/C15H16ClN5O3S/c1-8-5-10(16)3-4-12(8)24-7-13(22)17-15(25)21-20-14(23)11-6-9(2)18-19-11/h3-6H,7H2,1-2H3,(H,18,19)(H,20,23)(H2,17,21,22,25). The van der Waals surface area contributed by atoms with Gasteiger partial charge in [0.25, 0.3) is 11.8 Å². The highest BCUT2D eigenvalue weighted by atomic mass is 35.5. The van der Waals surface area contributed by atoms with E-state index in [1.807, 2.05) is 6.92 Å². The number of nitrogens with one attached hydrogen (secondary N) is 4. The summed E-state index contributed by atoms with van der Waals surface area (Å²) < 4.78 is 5.39. The Morgan fingerprint density at radius 2 is 2.04 bits per heavy atom. The number of nitrogens with zero attached hydrogens (tertiary/aromatic N) is 1. The molecule has 0 unspecified atom stereocenters. The highest BCUT2D eigenvalue weighted by Crippen LogP contribution is 2.21. The van der Waals surface area contributed by atoms with Crippen LogP contribution in [-0.4, -0.2) is 33.7 Å². The Balaban J connectivity index is 1.74. The van der Waals surface area contributed by atoms with Crippen LogP contribution in [0.4, 0.5) is 0 Å². The molecule has 0 saturated carbocycles. The molecular formula is C15H16ClN5O3S. The molecule has 0 saturated heterocycles. The fourth-order valence-electron chi connectivity index (χ4n) is 1.82. The topological polar surface area (TPSA) is 108 Å². The van der Waals surface area contributed by atoms with E-state index in [9.17, 15) is 9.59 Å². The van der Waals surface area contributed by atoms with Crippen LogP contribution in [0.5, 0.6) is 5.75 Å². The molecule has 0 atom stereocenters. The second-order valence-corrected chi connectivity index (χ2v) is 5.94. The number of H-pyrrole nitrogens is 1. The highest BCUT2D eigenvalue weighted by Gasteiger charge is 2.11. The number of benzene rings is 1. The molecule has 25 heavy (non-hydrogen) atoms. The van der Waals surface area contributed by atoms with Crippen LogP contribution in [0.15, 0.2) is 24.3 Å². The van der Waals surface area contributed by atoms with E-state index < -0.39 is 11.8 Å². The van der Waals surface area contributed by atoms with Crippen LogP contribution in [0.3, 0.4) is 0 Å². The molecule has 4 N–H and O–H groups in total. The number of hydrogen-bond donors (Lipinski definition) is 4. The lowest BCUT2D eigenvalue weighted by Crippen LogP contribution is -2.49. The summed E-state index contributed by atoms with van der Waals surface area (Å²) in [5.41, 5.74) is 6.48. The van der Waals surface area contributed by atoms with Gasteiger partial charge in [-0.05, 0) is 55.9 Å². The maximum atomic E-state index is 11.8. The molecule has 132 valence electrons. The molecule has 0 aliphatic carbocycles. The van der Waals surface area contributed by atoms with Crippen LogP contribution < -0.4 is 20.9 Å². The fourth-order valence-corrected chi connectivity index (χ4v) is 2.22. The van der Waals surface area contributed by atoms with Gasteiger partial charge in [0.05, 0.1) is 0 Å². The zero-order valence-electron chi connectivity index (χ0n) is 13.5. The summed E-state index contributed by atoms with van der Waals surface area (Å²) in [5, 5.41) is 9.34. The number of aryl methyl sites for hydroxylation is 2. The van der Waals surface area contributed by atoms with Crippen LogP contribution in [0.25, 0.3) is 0 Å². The number of carbonyl (C=O) groups is 2. The lowest BCUT2D eigenvalue weighted by atomic mass is 10.2. The molecule has 0 spiro atoms. The lowest BCUT2D eigenvalue weighted by Gasteiger charge is -2.11. The lowest BCUT2D eigenvalue weighted by molar-refractivity contribution is -0.121. The van der Waals surface area contributed by atoms with E-state index in [2.05, 4.69) is 26.4 Å². The summed E-state index contributed by atoms with van der Waals surface area (Å²) in [7, 11) is 0. The molecule has 2 aromatic rings. The van der Waals surface area contributed by atoms with E-state index >= 15 is 0 Å². The first-order valence-electron chi connectivity index (χ1n) is 7.16. The van der Waals surface area contributed by atoms with Gasteiger partial charge in [-0.3, -0.25) is 30.9 Å². The summed E-state index contributed by atoms with van der Waals surface area (Å²) in [6, 6.07) is 6.64. The molecule has 8 nitrogen and oxygen atoms in total. The van der Waals surface area contributed by atoms with Crippen LogP contribution in [0.1, 0.15) is 21.7 Å². The largest absolute Gasteiger partial charge is 0.483 e. The van der Waals surface area contributed by atoms with Crippen LogP contribution in [0, 0.1) is 13.8 Å². The number of amides is 2. The third-order valence-corrected chi connectivity index (χ3v) is 3.42. The zero-order chi connectivity index (χ0) is 18.4. The number of ether oxygens (including phenoxy) is 1. The Kier molecular flexibility index (Phi) is 6.31. The average Bonchev–Trinajstić information content (AvgIpc) is 2.98. The van der Waals surface area contributed by atoms with Crippen molar-refractivity contribution in [2.45, 2.75) is 13.8 Å². The summed E-state index contributed by atoms with van der Waals surface area (Å²) in [6.45, 7) is 3.35. The van der Waals surface area contributed by atoms with Gasteiger partial charge in [0.15, 0.2) is 17.4 Å². The number of aromatic nitrogens is 2. The van der Waals surface area contributed by atoms with Gasteiger partial charge in [0.2, 0.25) is 0 Å². The van der Waals surface area contributed by atoms with Gasteiger partial charge >= 0.3 is 0 Å². The van der Waals surface area contributed by atoms with Crippen molar-refractivity contribution in [1.82, 2.24) is 26.4 Å². The molecule has 0 aliphatic rings. The molecule has 1 heterocycles. The SMILES string of the molecule is Cc1cc(C(=O)NNC(=S)NC(=O)COc2ccc(Cl)cc2C)n[nH]1. The van der Waals surface area contributed by atoms with E-state index in [0.29, 0.717) is 10.8 Å². The van der Waals surface area contributed by atoms with Crippen LogP contribution >= 0.6 is 23.8 Å². The van der Waals surface area contributed by atoms with Crippen LogP contribution in [0.2, 0.25) is 5.02 Å². The number of carbonyl (C=O) groups excluding carboxylic acids is 2. The molecule has 0 aliphatic heterocycles. The highest BCUT2D eigenvalue weighted by molar-refractivity contribution is 7.80. The molecule has 2 rings (SSSR count). The van der Waals surface area contributed by atoms with Gasteiger partial charge in [0.1, 0.15) is 5.75 Å². The minimum atomic E-state index is -0.492. The quantitative estimate of drug-likeness (QED) is 0.471.